The maximum atomic E-state index is 12.6. The summed E-state index contributed by atoms with van der Waals surface area (Å²) in [6, 6.07) is 9.22. The van der Waals surface area contributed by atoms with Crippen molar-refractivity contribution in [3.8, 4) is 0 Å². The second-order valence-electron chi connectivity index (χ2n) is 6.40. The van der Waals surface area contributed by atoms with Gasteiger partial charge in [0.1, 0.15) is 0 Å². The molecule has 8 heteroatoms. The molecule has 0 unspecified atom stereocenters. The van der Waals surface area contributed by atoms with Gasteiger partial charge in [-0.05, 0) is 30.4 Å². The van der Waals surface area contributed by atoms with Gasteiger partial charge in [0, 0.05) is 29.0 Å². The smallest absolute Gasteiger partial charge is 0.258 e. The number of rotatable bonds is 6. The summed E-state index contributed by atoms with van der Waals surface area (Å²) in [5.41, 5.74) is -0.409. The first-order valence-corrected chi connectivity index (χ1v) is 10.6. The molecule has 0 spiro atoms. The van der Waals surface area contributed by atoms with Gasteiger partial charge < -0.3 is 0 Å². The number of non-ortho nitro benzene ring substituents is 1. The Morgan fingerprint density at radius 1 is 1.16 bits per heavy atom. The van der Waals surface area contributed by atoms with Crippen LogP contribution in [0.2, 0.25) is 0 Å². The molecule has 2 aromatic rings. The summed E-state index contributed by atoms with van der Waals surface area (Å²) >= 11 is 1.66. The third-order valence-electron chi connectivity index (χ3n) is 4.79. The van der Waals surface area contributed by atoms with Gasteiger partial charge in [-0.3, -0.25) is 10.1 Å². The zero-order valence-electron chi connectivity index (χ0n) is 13.7. The molecular weight excluding hydrogens is 360 g/mol. The van der Waals surface area contributed by atoms with Crippen molar-refractivity contribution in [2.24, 2.45) is 0 Å². The zero-order chi connectivity index (χ0) is 17.9. The van der Waals surface area contributed by atoms with E-state index in [-0.39, 0.29) is 16.0 Å². The second kappa shape index (κ2) is 7.23. The lowest BCUT2D eigenvalue weighted by atomic mass is 9.73. The molecule has 0 aliphatic heterocycles. The van der Waals surface area contributed by atoms with Gasteiger partial charge in [0.05, 0.1) is 9.82 Å². The molecule has 1 N–H and O–H groups in total. The Labute approximate surface area is 151 Å². The summed E-state index contributed by atoms with van der Waals surface area (Å²) in [7, 11) is -3.79. The monoisotopic (exact) mass is 380 g/mol. The van der Waals surface area contributed by atoms with Crippen LogP contribution in [-0.2, 0) is 15.4 Å². The molecule has 1 fully saturated rings. The molecule has 1 aliphatic rings. The van der Waals surface area contributed by atoms with E-state index in [0.29, 0.717) is 6.54 Å². The minimum Gasteiger partial charge on any atom is -0.258 e. The number of hydrogen-bond acceptors (Lipinski definition) is 5. The zero-order valence-corrected chi connectivity index (χ0v) is 15.3. The molecule has 1 heterocycles. The predicted molar refractivity (Wildman–Crippen MR) is 97.4 cm³/mol. The van der Waals surface area contributed by atoms with E-state index in [4.69, 9.17) is 0 Å². The van der Waals surface area contributed by atoms with Crippen molar-refractivity contribution in [3.05, 3.63) is 56.8 Å². The van der Waals surface area contributed by atoms with Crippen molar-refractivity contribution >= 4 is 27.0 Å². The minimum atomic E-state index is -3.79. The Morgan fingerprint density at radius 3 is 2.56 bits per heavy atom. The van der Waals surface area contributed by atoms with Crippen LogP contribution in [0.4, 0.5) is 5.69 Å². The van der Waals surface area contributed by atoms with E-state index in [1.54, 1.807) is 11.3 Å². The topological polar surface area (TPSA) is 89.3 Å². The van der Waals surface area contributed by atoms with Crippen LogP contribution in [0.3, 0.4) is 0 Å². The van der Waals surface area contributed by atoms with Gasteiger partial charge in [-0.2, -0.15) is 0 Å². The van der Waals surface area contributed by atoms with Crippen molar-refractivity contribution in [1.82, 2.24) is 4.72 Å². The summed E-state index contributed by atoms with van der Waals surface area (Å²) in [6.45, 7) is 0.318. The molecule has 25 heavy (non-hydrogen) atoms. The number of thiophene rings is 1. The Hall–Kier alpha value is -1.77. The average molecular weight is 380 g/mol. The fraction of sp³-hybridized carbons (Fsp3) is 0.412. The van der Waals surface area contributed by atoms with E-state index >= 15 is 0 Å². The first kappa shape index (κ1) is 18.0. The highest BCUT2D eigenvalue weighted by Gasteiger charge is 2.36. The molecule has 1 aromatic heterocycles. The molecule has 6 nitrogen and oxygen atoms in total. The highest BCUT2D eigenvalue weighted by atomic mass is 32.2. The van der Waals surface area contributed by atoms with Crippen LogP contribution in [0, 0.1) is 10.1 Å². The van der Waals surface area contributed by atoms with Crippen molar-refractivity contribution in [1.29, 1.82) is 0 Å². The quantitative estimate of drug-likeness (QED) is 0.609. The second-order valence-corrected chi connectivity index (χ2v) is 9.11. The van der Waals surface area contributed by atoms with E-state index in [9.17, 15) is 18.5 Å². The van der Waals surface area contributed by atoms with Gasteiger partial charge in [0.2, 0.25) is 10.0 Å². The molecular formula is C17H20N2O4S2. The number of nitrogens with one attached hydrogen (secondary N) is 1. The van der Waals surface area contributed by atoms with Gasteiger partial charge in [-0.15, -0.1) is 11.3 Å². The van der Waals surface area contributed by atoms with Gasteiger partial charge in [0.25, 0.3) is 5.69 Å². The fourth-order valence-electron chi connectivity index (χ4n) is 3.40. The van der Waals surface area contributed by atoms with Crippen molar-refractivity contribution in [2.45, 2.75) is 42.4 Å². The lowest BCUT2D eigenvalue weighted by Gasteiger charge is -2.36. The molecule has 0 atom stereocenters. The third kappa shape index (κ3) is 3.91. The lowest BCUT2D eigenvalue weighted by Crippen LogP contribution is -2.41. The number of benzene rings is 1. The van der Waals surface area contributed by atoms with Crippen LogP contribution in [0.1, 0.15) is 37.0 Å². The van der Waals surface area contributed by atoms with E-state index < -0.39 is 14.9 Å². The number of hydrogen-bond donors (Lipinski definition) is 1. The number of nitro groups is 1. The van der Waals surface area contributed by atoms with Crippen LogP contribution < -0.4 is 4.72 Å². The van der Waals surface area contributed by atoms with E-state index in [2.05, 4.69) is 10.8 Å². The highest BCUT2D eigenvalue weighted by Crippen LogP contribution is 2.41. The summed E-state index contributed by atoms with van der Waals surface area (Å²) in [6.07, 6.45) is 5.23. The van der Waals surface area contributed by atoms with Crippen LogP contribution in [0.15, 0.2) is 46.7 Å². The lowest BCUT2D eigenvalue weighted by molar-refractivity contribution is -0.385. The van der Waals surface area contributed by atoms with Crippen molar-refractivity contribution in [2.75, 3.05) is 6.54 Å². The molecule has 1 aromatic carbocycles. The van der Waals surface area contributed by atoms with E-state index in [1.807, 2.05) is 11.4 Å². The standard InChI is InChI=1S/C17H20N2O4S2/c20-19(21)14-6-4-7-15(12-14)25(22,23)18-13-17(9-2-1-3-10-17)16-8-5-11-24-16/h4-8,11-12,18H,1-3,9-10,13H2. The van der Waals surface area contributed by atoms with Crippen LogP contribution >= 0.6 is 11.3 Å². The Kier molecular flexibility index (Phi) is 5.21. The van der Waals surface area contributed by atoms with Gasteiger partial charge in [-0.25, -0.2) is 13.1 Å². The molecule has 0 saturated heterocycles. The maximum Gasteiger partial charge on any atom is 0.270 e. The first-order chi connectivity index (χ1) is 11.9. The summed E-state index contributed by atoms with van der Waals surface area (Å²) in [5.74, 6) is 0. The fourth-order valence-corrected chi connectivity index (χ4v) is 5.55. The molecule has 1 saturated carbocycles. The number of nitro benzene ring substituents is 1. The van der Waals surface area contributed by atoms with E-state index in [0.717, 1.165) is 31.7 Å². The van der Waals surface area contributed by atoms with Crippen LogP contribution in [0.25, 0.3) is 0 Å². The predicted octanol–water partition coefficient (Wildman–Crippen LogP) is 3.84. The highest BCUT2D eigenvalue weighted by molar-refractivity contribution is 7.89. The Balaban J connectivity index is 1.83. The Bertz CT molecular complexity index is 841. The molecule has 3 rings (SSSR count). The van der Waals surface area contributed by atoms with Gasteiger partial charge in [-0.1, -0.05) is 31.4 Å². The molecule has 0 radical (unpaired) electrons. The van der Waals surface area contributed by atoms with Gasteiger partial charge in [0.15, 0.2) is 0 Å². The van der Waals surface area contributed by atoms with Gasteiger partial charge >= 0.3 is 0 Å². The SMILES string of the molecule is O=[N+]([O-])c1cccc(S(=O)(=O)NCC2(c3cccs3)CCCCC2)c1. The summed E-state index contributed by atoms with van der Waals surface area (Å²) in [5, 5.41) is 12.9. The minimum absolute atomic E-state index is 0.0705. The average Bonchev–Trinajstić information content (AvgIpc) is 3.16. The maximum absolute atomic E-state index is 12.6. The van der Waals surface area contributed by atoms with Crippen LogP contribution in [-0.4, -0.2) is 19.9 Å². The third-order valence-corrected chi connectivity index (χ3v) is 7.31. The largest absolute Gasteiger partial charge is 0.270 e. The van der Waals surface area contributed by atoms with Crippen molar-refractivity contribution in [3.63, 3.8) is 0 Å². The number of sulfonamides is 1. The molecule has 134 valence electrons. The molecule has 0 bridgehead atoms. The normalized spacial score (nSPS) is 17.3. The summed E-state index contributed by atoms with van der Waals surface area (Å²) < 4.78 is 28.0. The summed E-state index contributed by atoms with van der Waals surface area (Å²) in [4.78, 5) is 11.4. The van der Waals surface area contributed by atoms with Crippen LogP contribution in [0.5, 0.6) is 0 Å². The molecule has 0 amide bonds. The first-order valence-electron chi connectivity index (χ1n) is 8.21. The van der Waals surface area contributed by atoms with Crippen molar-refractivity contribution < 1.29 is 13.3 Å². The van der Waals surface area contributed by atoms with E-state index in [1.165, 1.54) is 29.5 Å². The Morgan fingerprint density at radius 2 is 1.92 bits per heavy atom. The molecule has 1 aliphatic carbocycles. The number of nitrogens with zero attached hydrogens (tertiary/aromatic N) is 1.